The maximum Gasteiger partial charge on any atom is 0.404 e. The van der Waals surface area contributed by atoms with E-state index in [0.717, 1.165) is 16.9 Å². The first kappa shape index (κ1) is 29.6. The van der Waals surface area contributed by atoms with Crippen molar-refractivity contribution in [2.75, 3.05) is 11.5 Å². The zero-order valence-corrected chi connectivity index (χ0v) is 26.7. The molecule has 0 aliphatic carbocycles. The summed E-state index contributed by atoms with van der Waals surface area (Å²) in [4.78, 5) is 32.3. The van der Waals surface area contributed by atoms with E-state index in [-0.39, 0.29) is 18.3 Å². The zero-order valence-electron chi connectivity index (χ0n) is 25.0. The van der Waals surface area contributed by atoms with Crippen molar-refractivity contribution in [2.24, 2.45) is 14.1 Å². The second-order valence-corrected chi connectivity index (χ2v) is 18.9. The number of fused-ring (bicyclic) bond motifs is 4. The number of nitrogens with zero attached hydrogens (tertiary/aromatic N) is 6. The molecule has 11 nitrogen and oxygen atoms in total. The number of amides is 1. The molecule has 3 aromatic heterocycles. The van der Waals surface area contributed by atoms with Gasteiger partial charge < -0.3 is 24.6 Å². The summed E-state index contributed by atoms with van der Waals surface area (Å²) in [5.74, 6) is 0.364. The molecule has 4 aromatic rings. The van der Waals surface area contributed by atoms with Gasteiger partial charge in [0.05, 0.1) is 28.0 Å². The molecule has 2 aliphatic heterocycles. The molecule has 1 amide bonds. The normalized spacial score (nSPS) is 22.2. The summed E-state index contributed by atoms with van der Waals surface area (Å²) in [5.41, 5.74) is 2.22. The Morgan fingerprint density at radius 2 is 1.98 bits per heavy atom. The lowest BCUT2D eigenvalue weighted by Crippen LogP contribution is -2.59. The van der Waals surface area contributed by atoms with Crippen molar-refractivity contribution in [2.45, 2.75) is 76.0 Å². The fourth-order valence-electron chi connectivity index (χ4n) is 6.52. The first-order valence-corrected chi connectivity index (χ1v) is 18.6. The predicted octanol–water partition coefficient (Wildman–Crippen LogP) is 4.97. The van der Waals surface area contributed by atoms with Crippen LogP contribution in [0.2, 0.25) is 30.7 Å². The third-order valence-corrected chi connectivity index (χ3v) is 10.8. The Kier molecular flexibility index (Phi) is 7.54. The van der Waals surface area contributed by atoms with Gasteiger partial charge in [-0.25, -0.2) is 9.18 Å². The topological polar surface area (TPSA) is 119 Å². The molecule has 2 aliphatic rings. The van der Waals surface area contributed by atoms with Gasteiger partial charge in [-0.3, -0.25) is 14.0 Å². The highest BCUT2D eigenvalue weighted by Crippen LogP contribution is 2.41. The minimum Gasteiger partial charge on any atom is -0.465 e. The number of carbonyl (C=O) groups is 1. The van der Waals surface area contributed by atoms with Gasteiger partial charge in [0, 0.05) is 63.7 Å². The second-order valence-electron chi connectivity index (χ2n) is 12.9. The molecule has 2 fully saturated rings. The number of rotatable bonds is 8. The summed E-state index contributed by atoms with van der Waals surface area (Å²) in [6.07, 6.45) is 2.56. The van der Waals surface area contributed by atoms with Gasteiger partial charge in [0.15, 0.2) is 5.65 Å². The summed E-state index contributed by atoms with van der Waals surface area (Å²) in [6, 6.07) is 3.19. The Bertz CT molecular complexity index is 1780. The minimum absolute atomic E-state index is 0.150. The first-order valence-electron chi connectivity index (χ1n) is 14.6. The number of carboxylic acid groups (broad SMARTS) is 1. The van der Waals surface area contributed by atoms with Crippen LogP contribution in [0, 0.1) is 0 Å². The molecule has 2 N–H and O–H groups in total. The monoisotopic (exact) mass is 629 g/mol. The number of ether oxygens (including phenoxy) is 1. The van der Waals surface area contributed by atoms with E-state index in [0.29, 0.717) is 59.0 Å². The van der Waals surface area contributed by atoms with E-state index in [2.05, 4.69) is 30.1 Å². The highest BCUT2D eigenvalue weighted by Gasteiger charge is 2.49. The van der Waals surface area contributed by atoms with Gasteiger partial charge in [0.1, 0.15) is 12.9 Å². The molecule has 1 aromatic carbocycles. The van der Waals surface area contributed by atoms with Crippen molar-refractivity contribution in [3.8, 4) is 11.1 Å². The highest BCUT2D eigenvalue weighted by atomic mass is 35.5. The number of alkyl halides is 1. The van der Waals surface area contributed by atoms with E-state index >= 15 is 4.39 Å². The summed E-state index contributed by atoms with van der Waals surface area (Å²) >= 11 is 6.92. The largest absolute Gasteiger partial charge is 0.465 e. The van der Waals surface area contributed by atoms with Gasteiger partial charge in [-0.1, -0.05) is 37.3 Å². The first-order chi connectivity index (χ1) is 20.3. The van der Waals surface area contributed by atoms with Gasteiger partial charge in [-0.15, -0.1) is 0 Å². The fourth-order valence-corrected chi connectivity index (χ4v) is 7.59. The molecule has 2 bridgehead atoms. The van der Waals surface area contributed by atoms with Crippen LogP contribution < -0.4 is 15.8 Å². The standard InChI is InChI=1S/C29H37ClFN7O4Si/c1-35-13-19-20(34-35)8-7-17(24(19)30)18-14-37(15-42-10-11-43(3,4)5)26-23(18)27(39)36(2)28(33-26)38-16-6-9-22(38)25(31)21(12-16)32-29(40)41/h7-8,13-14,16,21-22,25,32H,6,9-12,15H2,1-5H3,(H,40,41)/t16-,21+,22+,25-/m0/s1. The summed E-state index contributed by atoms with van der Waals surface area (Å²) in [6.45, 7) is 7.64. The maximum absolute atomic E-state index is 15.6. The molecule has 43 heavy (non-hydrogen) atoms. The lowest BCUT2D eigenvalue weighted by Gasteiger charge is -2.42. The second kappa shape index (κ2) is 10.9. The minimum atomic E-state index is -1.43. The highest BCUT2D eigenvalue weighted by molar-refractivity contribution is 6.76. The number of benzene rings is 1. The fraction of sp³-hybridized carbons (Fsp3) is 0.517. The average Bonchev–Trinajstić information content (AvgIpc) is 3.59. The Hall–Kier alpha value is -3.42. The van der Waals surface area contributed by atoms with Crippen LogP contribution in [0.25, 0.3) is 33.1 Å². The molecule has 0 radical (unpaired) electrons. The van der Waals surface area contributed by atoms with Gasteiger partial charge in [-0.05, 0) is 31.4 Å². The van der Waals surface area contributed by atoms with E-state index in [4.69, 9.17) is 21.3 Å². The SMILES string of the molecule is Cn1cc2c(Cl)c(-c3cn(COCC[Si](C)(C)C)c4nc(N5[C@H]6CC[C@@H]5[C@@H](F)[C@H](NC(=O)O)C6)n(C)c(=O)c34)ccc2n1. The number of anilines is 1. The van der Waals surface area contributed by atoms with Gasteiger partial charge in [0.25, 0.3) is 5.56 Å². The number of hydrogen-bond acceptors (Lipinski definition) is 6. The van der Waals surface area contributed by atoms with Crippen molar-refractivity contribution in [3.63, 3.8) is 0 Å². The van der Waals surface area contributed by atoms with Gasteiger partial charge in [-0.2, -0.15) is 10.1 Å². The van der Waals surface area contributed by atoms with Crippen LogP contribution in [0.15, 0.2) is 29.3 Å². The molecule has 230 valence electrons. The third kappa shape index (κ3) is 5.31. The predicted molar refractivity (Wildman–Crippen MR) is 168 cm³/mol. The number of nitrogens with one attached hydrogen (secondary N) is 1. The van der Waals surface area contributed by atoms with E-state index in [1.54, 1.807) is 11.7 Å². The van der Waals surface area contributed by atoms with Crippen LogP contribution in [0.1, 0.15) is 19.3 Å². The maximum atomic E-state index is 15.6. The van der Waals surface area contributed by atoms with E-state index in [1.807, 2.05) is 41.0 Å². The van der Waals surface area contributed by atoms with Gasteiger partial charge in [0.2, 0.25) is 5.95 Å². The third-order valence-electron chi connectivity index (χ3n) is 8.69. The molecule has 0 spiro atoms. The van der Waals surface area contributed by atoms with Crippen LogP contribution in [0.5, 0.6) is 0 Å². The molecule has 5 heterocycles. The molecule has 6 rings (SSSR count). The molecule has 2 saturated heterocycles. The smallest absolute Gasteiger partial charge is 0.404 e. The number of piperidine rings is 1. The molecule has 0 saturated carbocycles. The molecule has 4 atom stereocenters. The quantitative estimate of drug-likeness (QED) is 0.209. The Balaban J connectivity index is 1.47. The van der Waals surface area contributed by atoms with Crippen molar-refractivity contribution >= 4 is 53.7 Å². The number of aromatic nitrogens is 5. The van der Waals surface area contributed by atoms with Crippen LogP contribution in [0.3, 0.4) is 0 Å². The van der Waals surface area contributed by atoms with E-state index in [1.165, 1.54) is 4.57 Å². The lowest BCUT2D eigenvalue weighted by atomic mass is 9.95. The molecular weight excluding hydrogens is 593 g/mol. The Morgan fingerprint density at radius 3 is 2.70 bits per heavy atom. The van der Waals surface area contributed by atoms with Crippen molar-refractivity contribution in [1.82, 2.24) is 29.2 Å². The van der Waals surface area contributed by atoms with Gasteiger partial charge >= 0.3 is 6.09 Å². The van der Waals surface area contributed by atoms with Crippen molar-refractivity contribution in [1.29, 1.82) is 0 Å². The summed E-state index contributed by atoms with van der Waals surface area (Å²) < 4.78 is 26.7. The zero-order chi connectivity index (χ0) is 30.8. The van der Waals surface area contributed by atoms with Crippen molar-refractivity contribution < 1.29 is 19.0 Å². The van der Waals surface area contributed by atoms with Crippen LogP contribution in [-0.4, -0.2) is 74.1 Å². The van der Waals surface area contributed by atoms with Crippen LogP contribution in [0.4, 0.5) is 15.1 Å². The van der Waals surface area contributed by atoms with Crippen LogP contribution >= 0.6 is 11.6 Å². The lowest BCUT2D eigenvalue weighted by molar-refractivity contribution is 0.0899. The van der Waals surface area contributed by atoms with Crippen molar-refractivity contribution in [3.05, 3.63) is 39.9 Å². The number of hydrogen-bond donors (Lipinski definition) is 2. The molecule has 14 heteroatoms. The number of aryl methyl sites for hydroxylation is 1. The van der Waals surface area contributed by atoms with E-state index in [9.17, 15) is 14.7 Å². The van der Waals surface area contributed by atoms with E-state index < -0.39 is 32.4 Å². The number of halogens is 2. The molecule has 0 unspecified atom stereocenters. The summed E-state index contributed by atoms with van der Waals surface area (Å²) in [7, 11) is 2.16. The Morgan fingerprint density at radius 1 is 1.21 bits per heavy atom. The summed E-state index contributed by atoms with van der Waals surface area (Å²) in [5, 5.41) is 17.7. The Labute approximate surface area is 254 Å². The molecular formula is C29H37ClFN7O4Si. The average molecular weight is 630 g/mol. The van der Waals surface area contributed by atoms with Crippen LogP contribution in [-0.2, 0) is 25.6 Å².